The van der Waals surface area contributed by atoms with E-state index in [1.807, 2.05) is 36.4 Å². The lowest BCUT2D eigenvalue weighted by molar-refractivity contribution is 0.284. The van der Waals surface area contributed by atoms with Crippen LogP contribution in [0.15, 0.2) is 78.9 Å². The lowest BCUT2D eigenvalue weighted by Crippen LogP contribution is -1.88. The first kappa shape index (κ1) is 17.0. The van der Waals surface area contributed by atoms with Gasteiger partial charge in [0.1, 0.15) is 0 Å². The molecule has 1 N–H and O–H groups in total. The van der Waals surface area contributed by atoms with Crippen LogP contribution in [0.2, 0.25) is 0 Å². The summed E-state index contributed by atoms with van der Waals surface area (Å²) in [5.74, 6) is 0. The lowest BCUT2D eigenvalue weighted by Gasteiger charge is -2.00. The van der Waals surface area contributed by atoms with Gasteiger partial charge in [-0.3, -0.25) is 0 Å². The monoisotopic (exact) mass is 304 g/mol. The van der Waals surface area contributed by atoms with Crippen molar-refractivity contribution in [3.8, 4) is 0 Å². The van der Waals surface area contributed by atoms with Crippen molar-refractivity contribution < 1.29 is 5.11 Å². The number of benzene rings is 2. The van der Waals surface area contributed by atoms with Crippen molar-refractivity contribution in [3.63, 3.8) is 0 Å². The number of allylic oxidation sites excluding steroid dienone is 4. The van der Waals surface area contributed by atoms with E-state index in [4.69, 9.17) is 5.11 Å². The predicted octanol–water partition coefficient (Wildman–Crippen LogP) is 5.28. The number of unbranched alkanes of at least 4 members (excludes halogenated alkanes) is 1. The average Bonchev–Trinajstić information content (AvgIpc) is 2.60. The van der Waals surface area contributed by atoms with Crippen LogP contribution in [0.25, 0.3) is 12.2 Å². The van der Waals surface area contributed by atoms with Gasteiger partial charge in [-0.05, 0) is 36.0 Å². The summed E-state index contributed by atoms with van der Waals surface area (Å²) in [6, 6.07) is 18.9. The van der Waals surface area contributed by atoms with Crippen LogP contribution >= 0.6 is 0 Å². The maximum absolute atomic E-state index is 8.79. The molecule has 0 spiro atoms. The number of aliphatic hydroxyl groups is 1. The van der Waals surface area contributed by atoms with Gasteiger partial charge in [0.15, 0.2) is 0 Å². The van der Waals surface area contributed by atoms with Crippen molar-refractivity contribution in [1.29, 1.82) is 0 Å². The first-order chi connectivity index (χ1) is 11.4. The number of hydrogen-bond donors (Lipinski definition) is 1. The van der Waals surface area contributed by atoms with Gasteiger partial charge in [0.05, 0.1) is 0 Å². The topological polar surface area (TPSA) is 20.2 Å². The van der Waals surface area contributed by atoms with Crippen LogP contribution in [0.1, 0.15) is 29.5 Å². The number of rotatable bonds is 8. The van der Waals surface area contributed by atoms with Crippen LogP contribution in [0, 0.1) is 0 Å². The van der Waals surface area contributed by atoms with E-state index in [0.717, 1.165) is 19.3 Å². The largest absolute Gasteiger partial charge is 0.396 e. The highest BCUT2D eigenvalue weighted by Crippen LogP contribution is 2.09. The predicted molar refractivity (Wildman–Crippen MR) is 100 cm³/mol. The SMILES string of the molecule is OCCCCc1ccc(/C=C/C=C/C=C/c2ccccc2)cc1. The van der Waals surface area contributed by atoms with E-state index in [1.54, 1.807) is 0 Å². The fraction of sp³-hybridized carbons (Fsp3) is 0.182. The van der Waals surface area contributed by atoms with Gasteiger partial charge >= 0.3 is 0 Å². The highest BCUT2D eigenvalue weighted by atomic mass is 16.2. The molecule has 0 amide bonds. The zero-order valence-electron chi connectivity index (χ0n) is 13.4. The number of aliphatic hydroxyl groups excluding tert-OH is 1. The molecule has 0 fully saturated rings. The molecule has 0 aliphatic carbocycles. The highest BCUT2D eigenvalue weighted by Gasteiger charge is 1.93. The fourth-order valence-corrected chi connectivity index (χ4v) is 2.26. The molecular weight excluding hydrogens is 280 g/mol. The smallest absolute Gasteiger partial charge is 0.0431 e. The van der Waals surface area contributed by atoms with E-state index in [-0.39, 0.29) is 6.61 Å². The van der Waals surface area contributed by atoms with Crippen molar-refractivity contribution in [2.75, 3.05) is 6.61 Å². The minimum absolute atomic E-state index is 0.284. The zero-order valence-corrected chi connectivity index (χ0v) is 13.4. The molecule has 118 valence electrons. The van der Waals surface area contributed by atoms with Crippen LogP contribution in [0.4, 0.5) is 0 Å². The summed E-state index contributed by atoms with van der Waals surface area (Å²) in [6.45, 7) is 0.284. The summed E-state index contributed by atoms with van der Waals surface area (Å²) in [7, 11) is 0. The van der Waals surface area contributed by atoms with Gasteiger partial charge in [0, 0.05) is 6.61 Å². The molecule has 0 aliphatic rings. The van der Waals surface area contributed by atoms with E-state index in [0.29, 0.717) is 0 Å². The highest BCUT2D eigenvalue weighted by molar-refractivity contribution is 5.53. The third kappa shape index (κ3) is 6.94. The Labute approximate surface area is 139 Å². The summed E-state index contributed by atoms with van der Waals surface area (Å²) < 4.78 is 0. The van der Waals surface area contributed by atoms with Crippen LogP contribution in [0.3, 0.4) is 0 Å². The van der Waals surface area contributed by atoms with Gasteiger partial charge in [-0.25, -0.2) is 0 Å². The molecule has 0 heterocycles. The van der Waals surface area contributed by atoms with E-state index in [9.17, 15) is 0 Å². The van der Waals surface area contributed by atoms with Gasteiger partial charge < -0.3 is 5.11 Å². The van der Waals surface area contributed by atoms with Crippen LogP contribution in [0.5, 0.6) is 0 Å². The summed E-state index contributed by atoms with van der Waals surface area (Å²) >= 11 is 0. The summed E-state index contributed by atoms with van der Waals surface area (Å²) in [5.41, 5.74) is 3.74. The van der Waals surface area contributed by atoms with E-state index in [1.165, 1.54) is 16.7 Å². The first-order valence-electron chi connectivity index (χ1n) is 8.15. The molecule has 0 bridgehead atoms. The third-order valence-corrected chi connectivity index (χ3v) is 3.56. The molecule has 0 aliphatic heterocycles. The van der Waals surface area contributed by atoms with Gasteiger partial charge in [-0.1, -0.05) is 91.1 Å². The number of hydrogen-bond acceptors (Lipinski definition) is 1. The first-order valence-corrected chi connectivity index (χ1v) is 8.15. The molecular formula is C22H24O. The summed E-state index contributed by atoms with van der Waals surface area (Å²) in [5, 5.41) is 8.79. The minimum Gasteiger partial charge on any atom is -0.396 e. The molecule has 0 radical (unpaired) electrons. The molecule has 0 unspecified atom stereocenters. The van der Waals surface area contributed by atoms with Crippen LogP contribution < -0.4 is 0 Å². The Bertz CT molecular complexity index is 633. The van der Waals surface area contributed by atoms with Crippen molar-refractivity contribution in [1.82, 2.24) is 0 Å². The molecule has 1 heteroatoms. The maximum atomic E-state index is 8.79. The van der Waals surface area contributed by atoms with Crippen molar-refractivity contribution in [2.24, 2.45) is 0 Å². The second-order valence-electron chi connectivity index (χ2n) is 5.44. The Hall–Kier alpha value is -2.38. The van der Waals surface area contributed by atoms with Crippen molar-refractivity contribution in [2.45, 2.75) is 19.3 Å². The summed E-state index contributed by atoms with van der Waals surface area (Å²) in [6.07, 6.45) is 15.3. The minimum atomic E-state index is 0.284. The van der Waals surface area contributed by atoms with Gasteiger partial charge in [0.25, 0.3) is 0 Å². The Morgan fingerprint density at radius 3 is 1.87 bits per heavy atom. The Morgan fingerprint density at radius 2 is 1.26 bits per heavy atom. The normalized spacial score (nSPS) is 11.9. The molecule has 0 atom stereocenters. The molecule has 2 aromatic carbocycles. The maximum Gasteiger partial charge on any atom is 0.0431 e. The quantitative estimate of drug-likeness (QED) is 0.519. The zero-order chi connectivity index (χ0) is 16.2. The molecule has 1 nitrogen and oxygen atoms in total. The molecule has 0 aromatic heterocycles. The Morgan fingerprint density at radius 1 is 0.652 bits per heavy atom. The van der Waals surface area contributed by atoms with E-state index in [2.05, 4.69) is 54.6 Å². The van der Waals surface area contributed by atoms with Crippen LogP contribution in [-0.4, -0.2) is 11.7 Å². The molecule has 23 heavy (non-hydrogen) atoms. The van der Waals surface area contributed by atoms with Crippen molar-refractivity contribution in [3.05, 3.63) is 95.6 Å². The Balaban J connectivity index is 1.78. The van der Waals surface area contributed by atoms with Gasteiger partial charge in [-0.15, -0.1) is 0 Å². The second kappa shape index (κ2) is 10.4. The van der Waals surface area contributed by atoms with Gasteiger partial charge in [-0.2, -0.15) is 0 Å². The standard InChI is InChI=1S/C22H24O/c23-19-9-8-14-22-17-15-21(16-18-22)13-5-2-1-4-10-20-11-6-3-7-12-20/h1-7,10-13,15-18,23H,8-9,14,19H2/b2-1+,10-4+,13-5+. The molecule has 0 saturated heterocycles. The van der Waals surface area contributed by atoms with E-state index >= 15 is 0 Å². The second-order valence-corrected chi connectivity index (χ2v) is 5.44. The van der Waals surface area contributed by atoms with Gasteiger partial charge in [0.2, 0.25) is 0 Å². The van der Waals surface area contributed by atoms with E-state index < -0.39 is 0 Å². The number of aryl methyl sites for hydroxylation is 1. The Kier molecular flexibility index (Phi) is 7.65. The lowest BCUT2D eigenvalue weighted by atomic mass is 10.1. The average molecular weight is 304 g/mol. The van der Waals surface area contributed by atoms with Crippen LogP contribution in [-0.2, 0) is 6.42 Å². The molecule has 2 aromatic rings. The molecule has 0 saturated carbocycles. The third-order valence-electron chi connectivity index (χ3n) is 3.56. The fourth-order valence-electron chi connectivity index (χ4n) is 2.26. The summed E-state index contributed by atoms with van der Waals surface area (Å²) in [4.78, 5) is 0. The molecule has 2 rings (SSSR count). The van der Waals surface area contributed by atoms with Crippen molar-refractivity contribution >= 4 is 12.2 Å².